The Kier molecular flexibility index (Phi) is 7.50. The lowest BCUT2D eigenvalue weighted by molar-refractivity contribution is -0.113. The molecule has 0 radical (unpaired) electrons. The first kappa shape index (κ1) is 22.1. The fraction of sp³-hybridized carbons (Fsp3) is 0.318. The first-order valence-corrected chi connectivity index (χ1v) is 11.9. The van der Waals surface area contributed by atoms with Crippen molar-refractivity contribution in [2.45, 2.75) is 31.0 Å². The molecule has 6 nitrogen and oxygen atoms in total. The number of piperidine rings is 1. The number of para-hydroxylation sites is 1. The van der Waals surface area contributed by atoms with Crippen LogP contribution in [-0.2, 0) is 11.3 Å². The minimum absolute atomic E-state index is 0.172. The average Bonchev–Trinajstić information content (AvgIpc) is 3.18. The van der Waals surface area contributed by atoms with Crippen LogP contribution in [0.25, 0.3) is 5.69 Å². The van der Waals surface area contributed by atoms with Crippen molar-refractivity contribution in [2.75, 3.05) is 24.2 Å². The number of halogens is 2. The molecule has 1 aromatic heterocycles. The fourth-order valence-electron chi connectivity index (χ4n) is 3.56. The Morgan fingerprint density at radius 2 is 1.81 bits per heavy atom. The Bertz CT molecular complexity index is 1040. The molecule has 2 aromatic carbocycles. The summed E-state index contributed by atoms with van der Waals surface area (Å²) in [6.07, 6.45) is 3.72. The summed E-state index contributed by atoms with van der Waals surface area (Å²) in [5.74, 6) is 0.902. The molecule has 2 heterocycles. The number of aromatic nitrogens is 3. The number of nitrogens with zero attached hydrogens (tertiary/aromatic N) is 4. The first-order valence-electron chi connectivity index (χ1n) is 10.2. The summed E-state index contributed by atoms with van der Waals surface area (Å²) >= 11 is 13.4. The van der Waals surface area contributed by atoms with Gasteiger partial charge in [-0.2, -0.15) is 0 Å². The normalized spacial score (nSPS) is 14.5. The van der Waals surface area contributed by atoms with E-state index in [4.69, 9.17) is 23.2 Å². The van der Waals surface area contributed by atoms with Crippen LogP contribution < -0.4 is 5.32 Å². The lowest BCUT2D eigenvalue weighted by atomic mass is 10.1. The average molecular weight is 476 g/mol. The van der Waals surface area contributed by atoms with Gasteiger partial charge in [0.05, 0.1) is 23.0 Å². The molecule has 31 heavy (non-hydrogen) atoms. The van der Waals surface area contributed by atoms with Crippen LogP contribution in [0.5, 0.6) is 0 Å². The summed E-state index contributed by atoms with van der Waals surface area (Å²) in [7, 11) is 0. The SMILES string of the molecule is O=C(CSc1nnc(CN2CCCCC2)n1-c1ccccc1)Nc1ccc(Cl)cc1Cl. The van der Waals surface area contributed by atoms with E-state index in [1.54, 1.807) is 18.2 Å². The highest BCUT2D eigenvalue weighted by atomic mass is 35.5. The third-order valence-electron chi connectivity index (χ3n) is 5.07. The minimum Gasteiger partial charge on any atom is -0.324 e. The third kappa shape index (κ3) is 5.80. The van der Waals surface area contributed by atoms with Gasteiger partial charge in [0.2, 0.25) is 5.91 Å². The largest absolute Gasteiger partial charge is 0.324 e. The van der Waals surface area contributed by atoms with E-state index < -0.39 is 0 Å². The molecule has 1 amide bonds. The highest BCUT2D eigenvalue weighted by Gasteiger charge is 2.19. The van der Waals surface area contributed by atoms with Gasteiger partial charge in [-0.25, -0.2) is 0 Å². The summed E-state index contributed by atoms with van der Waals surface area (Å²) in [4.78, 5) is 14.9. The molecule has 0 bridgehead atoms. The summed E-state index contributed by atoms with van der Waals surface area (Å²) in [6, 6.07) is 15.0. The van der Waals surface area contributed by atoms with Crippen molar-refractivity contribution in [1.82, 2.24) is 19.7 Å². The number of carbonyl (C=O) groups excluding carboxylic acids is 1. The van der Waals surface area contributed by atoms with Gasteiger partial charge in [-0.05, 0) is 56.3 Å². The van der Waals surface area contributed by atoms with E-state index in [9.17, 15) is 4.79 Å². The molecule has 4 rings (SSSR count). The number of likely N-dealkylation sites (tertiary alicyclic amines) is 1. The van der Waals surface area contributed by atoms with Gasteiger partial charge in [-0.15, -0.1) is 10.2 Å². The van der Waals surface area contributed by atoms with Crippen molar-refractivity contribution < 1.29 is 4.79 Å². The monoisotopic (exact) mass is 475 g/mol. The van der Waals surface area contributed by atoms with E-state index in [0.717, 1.165) is 31.1 Å². The van der Waals surface area contributed by atoms with Gasteiger partial charge < -0.3 is 5.32 Å². The number of carbonyl (C=O) groups is 1. The van der Waals surface area contributed by atoms with E-state index in [0.29, 0.717) is 20.9 Å². The van der Waals surface area contributed by atoms with Crippen molar-refractivity contribution in [3.63, 3.8) is 0 Å². The second kappa shape index (κ2) is 10.5. The van der Waals surface area contributed by atoms with Gasteiger partial charge in [-0.1, -0.05) is 59.6 Å². The second-order valence-electron chi connectivity index (χ2n) is 7.37. The van der Waals surface area contributed by atoms with Crippen LogP contribution in [-0.4, -0.2) is 44.4 Å². The molecule has 0 atom stereocenters. The number of benzene rings is 2. The van der Waals surface area contributed by atoms with Gasteiger partial charge >= 0.3 is 0 Å². The number of anilines is 1. The van der Waals surface area contributed by atoms with Crippen molar-refractivity contribution in [1.29, 1.82) is 0 Å². The minimum atomic E-state index is -0.172. The Morgan fingerprint density at radius 3 is 2.55 bits per heavy atom. The first-order chi connectivity index (χ1) is 15.1. The number of thioether (sulfide) groups is 1. The van der Waals surface area contributed by atoms with Gasteiger partial charge in [0.1, 0.15) is 0 Å². The topological polar surface area (TPSA) is 63.1 Å². The van der Waals surface area contributed by atoms with Crippen LogP contribution in [0.4, 0.5) is 5.69 Å². The van der Waals surface area contributed by atoms with Gasteiger partial charge in [0.15, 0.2) is 11.0 Å². The van der Waals surface area contributed by atoms with Crippen molar-refractivity contribution in [3.8, 4) is 5.69 Å². The Morgan fingerprint density at radius 1 is 1.03 bits per heavy atom. The third-order valence-corrected chi connectivity index (χ3v) is 6.54. The highest BCUT2D eigenvalue weighted by Crippen LogP contribution is 2.27. The van der Waals surface area contributed by atoms with Gasteiger partial charge in [0, 0.05) is 10.7 Å². The van der Waals surface area contributed by atoms with Crippen LogP contribution in [0.15, 0.2) is 53.7 Å². The molecule has 1 aliphatic heterocycles. The Hall–Kier alpha value is -2.06. The highest BCUT2D eigenvalue weighted by molar-refractivity contribution is 7.99. The van der Waals surface area contributed by atoms with Crippen LogP contribution in [0.2, 0.25) is 10.0 Å². The maximum absolute atomic E-state index is 12.5. The zero-order valence-corrected chi connectivity index (χ0v) is 19.3. The Balaban J connectivity index is 1.48. The summed E-state index contributed by atoms with van der Waals surface area (Å²) in [5, 5.41) is 13.3. The predicted molar refractivity (Wildman–Crippen MR) is 126 cm³/mol. The smallest absolute Gasteiger partial charge is 0.234 e. The molecule has 0 unspecified atom stereocenters. The number of hydrogen-bond acceptors (Lipinski definition) is 5. The number of hydrogen-bond donors (Lipinski definition) is 1. The van der Waals surface area contributed by atoms with Gasteiger partial charge in [0.25, 0.3) is 0 Å². The molecule has 1 N–H and O–H groups in total. The molecule has 1 saturated heterocycles. The van der Waals surface area contributed by atoms with Crippen molar-refractivity contribution in [3.05, 3.63) is 64.4 Å². The second-order valence-corrected chi connectivity index (χ2v) is 9.15. The van der Waals surface area contributed by atoms with Crippen LogP contribution in [0.3, 0.4) is 0 Å². The lowest BCUT2D eigenvalue weighted by Gasteiger charge is -2.26. The molecule has 1 fully saturated rings. The molecular weight excluding hydrogens is 453 g/mol. The molecular formula is C22H23Cl2N5OS. The predicted octanol–water partition coefficient (Wildman–Crippen LogP) is 5.29. The van der Waals surface area contributed by atoms with Crippen LogP contribution in [0.1, 0.15) is 25.1 Å². The molecule has 0 saturated carbocycles. The number of rotatable bonds is 7. The van der Waals surface area contributed by atoms with Crippen LogP contribution in [0, 0.1) is 0 Å². The summed E-state index contributed by atoms with van der Waals surface area (Å²) in [5.41, 5.74) is 1.52. The van der Waals surface area contributed by atoms with E-state index in [1.807, 2.05) is 34.9 Å². The molecule has 162 valence electrons. The zero-order valence-electron chi connectivity index (χ0n) is 16.9. The van der Waals surface area contributed by atoms with E-state index in [-0.39, 0.29) is 11.7 Å². The van der Waals surface area contributed by atoms with Crippen molar-refractivity contribution in [2.24, 2.45) is 0 Å². The zero-order chi connectivity index (χ0) is 21.6. The summed E-state index contributed by atoms with van der Waals surface area (Å²) in [6.45, 7) is 2.90. The fourth-order valence-corrected chi connectivity index (χ4v) is 4.78. The molecule has 9 heteroatoms. The lowest BCUT2D eigenvalue weighted by Crippen LogP contribution is -2.30. The molecule has 3 aromatic rings. The maximum atomic E-state index is 12.5. The molecule has 0 spiro atoms. The Labute approximate surface area is 195 Å². The quantitative estimate of drug-likeness (QED) is 0.470. The molecule has 0 aliphatic carbocycles. The standard InChI is InChI=1S/C22H23Cl2N5OS/c23-16-9-10-19(18(24)13-16)25-21(30)15-31-22-27-26-20(14-28-11-5-2-6-12-28)29(22)17-7-3-1-4-8-17/h1,3-4,7-10,13H,2,5-6,11-12,14-15H2,(H,25,30). The number of nitrogens with one attached hydrogen (secondary N) is 1. The summed E-state index contributed by atoms with van der Waals surface area (Å²) < 4.78 is 2.04. The number of amides is 1. The van der Waals surface area contributed by atoms with E-state index in [2.05, 4.69) is 20.4 Å². The van der Waals surface area contributed by atoms with Gasteiger partial charge in [-0.3, -0.25) is 14.3 Å². The molecule has 1 aliphatic rings. The maximum Gasteiger partial charge on any atom is 0.234 e. The van der Waals surface area contributed by atoms with E-state index >= 15 is 0 Å². The van der Waals surface area contributed by atoms with Crippen LogP contribution >= 0.6 is 35.0 Å². The van der Waals surface area contributed by atoms with E-state index in [1.165, 1.54) is 31.0 Å². The van der Waals surface area contributed by atoms with Crippen molar-refractivity contribution >= 4 is 46.6 Å².